The van der Waals surface area contributed by atoms with Crippen molar-refractivity contribution in [3.63, 3.8) is 0 Å². The van der Waals surface area contributed by atoms with Crippen LogP contribution < -0.4 is 0 Å². The molecule has 2 heterocycles. The lowest BCUT2D eigenvalue weighted by molar-refractivity contribution is -0.0228. The molecule has 1 saturated heterocycles. The summed E-state index contributed by atoms with van der Waals surface area (Å²) in [6.45, 7) is 5.82. The summed E-state index contributed by atoms with van der Waals surface area (Å²) in [5, 5.41) is 6.84. The van der Waals surface area contributed by atoms with E-state index in [1.54, 1.807) is 4.90 Å². The standard InChI is InChI=1S/C11H16BrN3O2/c1-3-8-6-15(4-5-17-8)11(16)10-9(12)7(2)13-14-10/h8H,3-6H2,1-2H3,(H,13,14)/t8-/m1/s1. The molecule has 0 bridgehead atoms. The van der Waals surface area contributed by atoms with E-state index in [0.717, 1.165) is 16.6 Å². The molecule has 1 atom stereocenters. The number of hydrogen-bond donors (Lipinski definition) is 1. The number of carbonyl (C=O) groups is 1. The molecular formula is C11H16BrN3O2. The van der Waals surface area contributed by atoms with Gasteiger partial charge in [-0.2, -0.15) is 5.10 Å². The molecule has 0 radical (unpaired) electrons. The van der Waals surface area contributed by atoms with Crippen LogP contribution in [0.2, 0.25) is 0 Å². The van der Waals surface area contributed by atoms with Gasteiger partial charge in [0.1, 0.15) is 0 Å². The number of nitrogens with zero attached hydrogens (tertiary/aromatic N) is 2. The van der Waals surface area contributed by atoms with E-state index in [-0.39, 0.29) is 12.0 Å². The van der Waals surface area contributed by atoms with Crippen LogP contribution in [0.25, 0.3) is 0 Å². The molecule has 94 valence electrons. The molecule has 1 aliphatic heterocycles. The second-order valence-electron chi connectivity index (χ2n) is 4.16. The summed E-state index contributed by atoms with van der Waals surface area (Å²) in [7, 11) is 0. The largest absolute Gasteiger partial charge is 0.375 e. The van der Waals surface area contributed by atoms with E-state index < -0.39 is 0 Å². The van der Waals surface area contributed by atoms with Gasteiger partial charge in [-0.25, -0.2) is 0 Å². The second-order valence-corrected chi connectivity index (χ2v) is 4.96. The minimum Gasteiger partial charge on any atom is -0.375 e. The van der Waals surface area contributed by atoms with E-state index >= 15 is 0 Å². The Labute approximate surface area is 109 Å². The van der Waals surface area contributed by atoms with Crippen LogP contribution in [-0.2, 0) is 4.74 Å². The first-order valence-corrected chi connectivity index (χ1v) is 6.54. The number of aromatic nitrogens is 2. The number of carbonyl (C=O) groups excluding carboxylic acids is 1. The van der Waals surface area contributed by atoms with Gasteiger partial charge < -0.3 is 9.64 Å². The SMILES string of the molecule is CC[C@@H]1CN(C(=O)c2n[nH]c(C)c2Br)CCO1. The Balaban J connectivity index is 2.12. The van der Waals surface area contributed by atoms with Gasteiger partial charge in [0.05, 0.1) is 17.2 Å². The number of nitrogens with one attached hydrogen (secondary N) is 1. The smallest absolute Gasteiger partial charge is 0.275 e. The minimum atomic E-state index is -0.0389. The highest BCUT2D eigenvalue weighted by Crippen LogP contribution is 2.21. The van der Waals surface area contributed by atoms with Crippen LogP contribution >= 0.6 is 15.9 Å². The Morgan fingerprint density at radius 2 is 2.47 bits per heavy atom. The lowest BCUT2D eigenvalue weighted by Gasteiger charge is -2.32. The van der Waals surface area contributed by atoms with E-state index in [1.807, 2.05) is 6.92 Å². The Kier molecular flexibility index (Phi) is 3.83. The zero-order chi connectivity index (χ0) is 12.4. The fraction of sp³-hybridized carbons (Fsp3) is 0.636. The predicted octanol–water partition coefficient (Wildman–Crippen LogP) is 1.73. The van der Waals surface area contributed by atoms with Crippen molar-refractivity contribution in [2.75, 3.05) is 19.7 Å². The lowest BCUT2D eigenvalue weighted by atomic mass is 10.2. The summed E-state index contributed by atoms with van der Waals surface area (Å²) in [6, 6.07) is 0. The quantitative estimate of drug-likeness (QED) is 0.905. The fourth-order valence-corrected chi connectivity index (χ4v) is 2.20. The first-order chi connectivity index (χ1) is 8.13. The first-order valence-electron chi connectivity index (χ1n) is 5.74. The number of halogens is 1. The molecule has 0 saturated carbocycles. The number of H-pyrrole nitrogens is 1. The molecule has 1 fully saturated rings. The van der Waals surface area contributed by atoms with Crippen LogP contribution in [0.4, 0.5) is 0 Å². The molecule has 1 aromatic rings. The monoisotopic (exact) mass is 301 g/mol. The highest BCUT2D eigenvalue weighted by Gasteiger charge is 2.27. The van der Waals surface area contributed by atoms with Gasteiger partial charge in [-0.05, 0) is 29.3 Å². The summed E-state index contributed by atoms with van der Waals surface area (Å²) in [4.78, 5) is 14.1. The Hall–Kier alpha value is -0.880. The molecule has 0 aromatic carbocycles. The van der Waals surface area contributed by atoms with Crippen molar-refractivity contribution in [3.8, 4) is 0 Å². The summed E-state index contributed by atoms with van der Waals surface area (Å²) >= 11 is 3.38. The van der Waals surface area contributed by atoms with Gasteiger partial charge in [0.2, 0.25) is 0 Å². The molecule has 0 spiro atoms. The van der Waals surface area contributed by atoms with Gasteiger partial charge in [-0.3, -0.25) is 9.89 Å². The summed E-state index contributed by atoms with van der Waals surface area (Å²) in [6.07, 6.45) is 1.07. The van der Waals surface area contributed by atoms with Gasteiger partial charge in [0, 0.05) is 18.8 Å². The number of ether oxygens (including phenoxy) is 1. The average molecular weight is 302 g/mol. The number of aryl methyl sites for hydroxylation is 1. The molecule has 2 rings (SSSR count). The van der Waals surface area contributed by atoms with E-state index in [1.165, 1.54) is 0 Å². The van der Waals surface area contributed by atoms with E-state index in [9.17, 15) is 4.79 Å². The van der Waals surface area contributed by atoms with Crippen LogP contribution in [0.1, 0.15) is 29.5 Å². The number of hydrogen-bond acceptors (Lipinski definition) is 3. The van der Waals surface area contributed by atoms with E-state index in [4.69, 9.17) is 4.74 Å². The highest BCUT2D eigenvalue weighted by atomic mass is 79.9. The minimum absolute atomic E-state index is 0.0389. The number of morpholine rings is 1. The number of amides is 1. The molecule has 1 aliphatic rings. The Morgan fingerprint density at radius 3 is 3.06 bits per heavy atom. The van der Waals surface area contributed by atoms with Gasteiger partial charge in [0.15, 0.2) is 5.69 Å². The van der Waals surface area contributed by atoms with Crippen LogP contribution in [0.3, 0.4) is 0 Å². The zero-order valence-corrected chi connectivity index (χ0v) is 11.6. The highest BCUT2D eigenvalue weighted by molar-refractivity contribution is 9.10. The Morgan fingerprint density at radius 1 is 1.71 bits per heavy atom. The van der Waals surface area contributed by atoms with Crippen LogP contribution in [0.15, 0.2) is 4.47 Å². The molecule has 1 amide bonds. The fourth-order valence-electron chi connectivity index (χ4n) is 1.86. The maximum atomic E-state index is 12.3. The van der Waals surface area contributed by atoms with Gasteiger partial charge in [-0.15, -0.1) is 0 Å². The maximum absolute atomic E-state index is 12.3. The molecular weight excluding hydrogens is 286 g/mol. The summed E-state index contributed by atoms with van der Waals surface area (Å²) < 4.78 is 6.30. The van der Waals surface area contributed by atoms with Crippen LogP contribution in [0, 0.1) is 6.92 Å². The molecule has 0 unspecified atom stereocenters. The van der Waals surface area contributed by atoms with Gasteiger partial charge in [-0.1, -0.05) is 6.92 Å². The molecule has 5 nitrogen and oxygen atoms in total. The molecule has 17 heavy (non-hydrogen) atoms. The van der Waals surface area contributed by atoms with Crippen LogP contribution in [0.5, 0.6) is 0 Å². The lowest BCUT2D eigenvalue weighted by Crippen LogP contribution is -2.45. The Bertz CT molecular complexity index is 419. The molecule has 6 heteroatoms. The van der Waals surface area contributed by atoms with Gasteiger partial charge in [0.25, 0.3) is 5.91 Å². The molecule has 0 aliphatic carbocycles. The van der Waals surface area contributed by atoms with Crippen molar-refractivity contribution in [2.24, 2.45) is 0 Å². The molecule has 1 N–H and O–H groups in total. The number of aromatic amines is 1. The topological polar surface area (TPSA) is 58.2 Å². The van der Waals surface area contributed by atoms with Crippen molar-refractivity contribution < 1.29 is 9.53 Å². The van der Waals surface area contributed by atoms with Crippen molar-refractivity contribution in [3.05, 3.63) is 15.9 Å². The van der Waals surface area contributed by atoms with E-state index in [0.29, 0.717) is 25.4 Å². The van der Waals surface area contributed by atoms with Gasteiger partial charge >= 0.3 is 0 Å². The van der Waals surface area contributed by atoms with Crippen LogP contribution in [-0.4, -0.2) is 46.8 Å². The summed E-state index contributed by atoms with van der Waals surface area (Å²) in [5.74, 6) is -0.0389. The first kappa shape index (κ1) is 12.6. The average Bonchev–Trinajstić information content (AvgIpc) is 2.69. The van der Waals surface area contributed by atoms with Crippen molar-refractivity contribution in [2.45, 2.75) is 26.4 Å². The normalized spacial score (nSPS) is 20.6. The molecule has 1 aromatic heterocycles. The second kappa shape index (κ2) is 5.18. The zero-order valence-electron chi connectivity index (χ0n) is 9.99. The third kappa shape index (κ3) is 2.52. The number of rotatable bonds is 2. The van der Waals surface area contributed by atoms with E-state index in [2.05, 4.69) is 33.1 Å². The predicted molar refractivity (Wildman–Crippen MR) is 67.0 cm³/mol. The van der Waals surface area contributed by atoms with Crippen molar-refractivity contribution >= 4 is 21.8 Å². The maximum Gasteiger partial charge on any atom is 0.275 e. The van der Waals surface area contributed by atoms with Crippen molar-refractivity contribution in [1.29, 1.82) is 0 Å². The summed E-state index contributed by atoms with van der Waals surface area (Å²) in [5.41, 5.74) is 1.33. The third-order valence-corrected chi connectivity index (χ3v) is 3.93. The van der Waals surface area contributed by atoms with Crippen molar-refractivity contribution in [1.82, 2.24) is 15.1 Å². The third-order valence-electron chi connectivity index (χ3n) is 2.96.